The van der Waals surface area contributed by atoms with Crippen LogP contribution >= 0.6 is 8.38 Å². The highest BCUT2D eigenvalue weighted by Gasteiger charge is 2.43. The number of benzene rings is 1. The van der Waals surface area contributed by atoms with Gasteiger partial charge in [0.1, 0.15) is 18.5 Å². The normalized spacial score (nSPS) is 15.1. The minimum Gasteiger partial charge on any atom is -0.476 e. The molecule has 11 heteroatoms. The van der Waals surface area contributed by atoms with Crippen LogP contribution in [0.1, 0.15) is 11.1 Å². The molecule has 0 aliphatic carbocycles. The van der Waals surface area contributed by atoms with Crippen molar-refractivity contribution in [3.63, 3.8) is 0 Å². The predicted octanol–water partition coefficient (Wildman–Crippen LogP) is 3.62. The molecular weight excluding hydrogens is 438 g/mol. The molecule has 170 valence electrons. The molecule has 2 atom stereocenters. The van der Waals surface area contributed by atoms with E-state index in [-0.39, 0.29) is 23.9 Å². The standard InChI is InChI=1S/C20H23F3NO6P/c1-12-17(25)9-18(29-11-15(28-3)10-27-2)24-7-6-13-8-14(4-5-16(13)19(12)24)30-31(26)20(21,22)23/h4-5,8-9,15,26H,6-7,10-11H2,1-3H3/t15-,31?/m0/s1. The molecule has 0 fully saturated rings. The molecule has 0 bridgehead atoms. The average molecular weight is 461 g/mol. The summed E-state index contributed by atoms with van der Waals surface area (Å²) in [7, 11) is -0.506. The van der Waals surface area contributed by atoms with Gasteiger partial charge in [-0.25, -0.2) is 0 Å². The predicted molar refractivity (Wildman–Crippen MR) is 109 cm³/mol. The van der Waals surface area contributed by atoms with Gasteiger partial charge in [0.25, 0.3) is 0 Å². The van der Waals surface area contributed by atoms with Crippen LogP contribution in [0, 0.1) is 6.92 Å². The summed E-state index contributed by atoms with van der Waals surface area (Å²) < 4.78 is 60.6. The fourth-order valence-corrected chi connectivity index (χ4v) is 3.83. The molecule has 0 radical (unpaired) electrons. The van der Waals surface area contributed by atoms with Gasteiger partial charge in [-0.15, -0.1) is 0 Å². The Morgan fingerprint density at radius 1 is 1.23 bits per heavy atom. The lowest BCUT2D eigenvalue weighted by Crippen LogP contribution is -2.28. The van der Waals surface area contributed by atoms with E-state index in [4.69, 9.17) is 14.2 Å². The molecule has 7 nitrogen and oxygen atoms in total. The second kappa shape index (κ2) is 9.56. The minimum absolute atomic E-state index is 0.0759. The molecule has 2 aromatic rings. The zero-order valence-corrected chi connectivity index (χ0v) is 18.1. The van der Waals surface area contributed by atoms with Crippen LogP contribution in [-0.2, 0) is 22.4 Å². The first-order valence-electron chi connectivity index (χ1n) is 9.41. The quantitative estimate of drug-likeness (QED) is 0.605. The second-order valence-corrected chi connectivity index (χ2v) is 8.23. The molecule has 0 amide bonds. The maximum atomic E-state index is 12.6. The van der Waals surface area contributed by atoms with Crippen molar-refractivity contribution in [2.75, 3.05) is 27.4 Å². The molecule has 0 spiro atoms. The average Bonchev–Trinajstić information content (AvgIpc) is 2.72. The number of pyridine rings is 1. The largest absolute Gasteiger partial charge is 0.476 e. The first-order valence-corrected chi connectivity index (χ1v) is 10.6. The summed E-state index contributed by atoms with van der Waals surface area (Å²) in [6.07, 6.45) is 0.176. The zero-order valence-electron chi connectivity index (χ0n) is 17.2. The third-order valence-corrected chi connectivity index (χ3v) is 5.78. The number of alkyl halides is 3. The third-order valence-electron chi connectivity index (χ3n) is 4.96. The summed E-state index contributed by atoms with van der Waals surface area (Å²) in [5.41, 5.74) is 2.34. The Labute approximate surface area is 178 Å². The van der Waals surface area contributed by atoms with Crippen molar-refractivity contribution in [2.45, 2.75) is 31.9 Å². The molecule has 0 saturated heterocycles. The lowest BCUT2D eigenvalue weighted by Gasteiger charge is -2.27. The third kappa shape index (κ3) is 5.20. The van der Waals surface area contributed by atoms with E-state index in [2.05, 4.69) is 4.52 Å². The monoisotopic (exact) mass is 461 g/mol. The summed E-state index contributed by atoms with van der Waals surface area (Å²) in [4.78, 5) is 21.8. The van der Waals surface area contributed by atoms with Crippen LogP contribution in [0.15, 0.2) is 29.1 Å². The van der Waals surface area contributed by atoms with Crippen molar-refractivity contribution in [1.29, 1.82) is 0 Å². The van der Waals surface area contributed by atoms with Gasteiger partial charge in [-0.1, -0.05) is 0 Å². The van der Waals surface area contributed by atoms with Crippen molar-refractivity contribution in [2.24, 2.45) is 0 Å². The number of aromatic nitrogens is 1. The molecule has 1 N–H and O–H groups in total. The van der Waals surface area contributed by atoms with E-state index in [1.54, 1.807) is 20.1 Å². The fourth-order valence-electron chi connectivity index (χ4n) is 3.41. The van der Waals surface area contributed by atoms with Crippen LogP contribution in [0.5, 0.6) is 11.6 Å². The summed E-state index contributed by atoms with van der Waals surface area (Å²) in [5.74, 6) is -4.52. The van der Waals surface area contributed by atoms with Gasteiger partial charge >= 0.3 is 14.3 Å². The summed E-state index contributed by atoms with van der Waals surface area (Å²) in [6.45, 7) is 2.66. The second-order valence-electron chi connectivity index (χ2n) is 7.00. The fraction of sp³-hybridized carbons (Fsp3) is 0.450. The zero-order chi connectivity index (χ0) is 22.8. The number of hydrogen-bond donors (Lipinski definition) is 1. The van der Waals surface area contributed by atoms with Gasteiger partial charge < -0.3 is 28.2 Å². The molecule has 1 aromatic heterocycles. The van der Waals surface area contributed by atoms with Crippen LogP contribution in [0.4, 0.5) is 13.2 Å². The number of methoxy groups -OCH3 is 2. The number of hydrogen-bond acceptors (Lipinski definition) is 6. The Kier molecular flexibility index (Phi) is 7.26. The lowest BCUT2D eigenvalue weighted by molar-refractivity contribution is -0.0545. The summed E-state index contributed by atoms with van der Waals surface area (Å²) in [6, 6.07) is 5.83. The topological polar surface area (TPSA) is 79.2 Å². The highest BCUT2D eigenvalue weighted by molar-refractivity contribution is 7.47. The number of fused-ring (bicyclic) bond motifs is 3. The Bertz CT molecular complexity index is 994. The molecule has 1 aromatic carbocycles. The molecule has 2 heterocycles. The van der Waals surface area contributed by atoms with E-state index in [9.17, 15) is 22.9 Å². The number of rotatable bonds is 8. The van der Waals surface area contributed by atoms with Crippen molar-refractivity contribution in [3.05, 3.63) is 45.6 Å². The van der Waals surface area contributed by atoms with E-state index < -0.39 is 14.3 Å². The summed E-state index contributed by atoms with van der Waals surface area (Å²) in [5, 5.41) is 0. The van der Waals surface area contributed by atoms with Gasteiger partial charge in [-0.05, 0) is 37.1 Å². The molecule has 1 aliphatic heterocycles. The van der Waals surface area contributed by atoms with Crippen LogP contribution in [-0.4, -0.2) is 48.9 Å². The van der Waals surface area contributed by atoms with Crippen LogP contribution in [0.25, 0.3) is 11.3 Å². The highest BCUT2D eigenvalue weighted by Crippen LogP contribution is 2.51. The van der Waals surface area contributed by atoms with Crippen molar-refractivity contribution in [1.82, 2.24) is 4.57 Å². The first-order chi connectivity index (χ1) is 14.7. The Morgan fingerprint density at radius 3 is 2.61 bits per heavy atom. The van der Waals surface area contributed by atoms with Gasteiger partial charge in [0.15, 0.2) is 11.3 Å². The van der Waals surface area contributed by atoms with E-state index in [1.807, 2.05) is 4.57 Å². The molecule has 31 heavy (non-hydrogen) atoms. The van der Waals surface area contributed by atoms with E-state index in [0.717, 1.165) is 5.56 Å². The SMILES string of the molecule is COC[C@@H](COc1cc(=O)c(C)c2n1CCc1cc(OP(O)C(F)(F)F)ccc1-2)OC. The molecule has 3 rings (SSSR count). The van der Waals surface area contributed by atoms with Crippen LogP contribution in [0.3, 0.4) is 0 Å². The lowest BCUT2D eigenvalue weighted by atomic mass is 9.94. The van der Waals surface area contributed by atoms with Crippen LogP contribution in [0.2, 0.25) is 0 Å². The van der Waals surface area contributed by atoms with Crippen molar-refractivity contribution >= 4 is 8.38 Å². The van der Waals surface area contributed by atoms with Gasteiger partial charge in [0.05, 0.1) is 12.3 Å². The molecular formula is C20H23F3NO6P. The van der Waals surface area contributed by atoms with Crippen molar-refractivity contribution in [3.8, 4) is 22.9 Å². The number of aryl methyl sites for hydroxylation is 1. The number of ether oxygens (including phenoxy) is 3. The molecule has 0 saturated carbocycles. The first kappa shape index (κ1) is 23.5. The van der Waals surface area contributed by atoms with E-state index in [0.29, 0.717) is 42.3 Å². The van der Waals surface area contributed by atoms with E-state index in [1.165, 1.54) is 25.3 Å². The maximum Gasteiger partial charge on any atom is 0.471 e. The van der Waals surface area contributed by atoms with Gasteiger partial charge in [-0.2, -0.15) is 13.2 Å². The maximum absolute atomic E-state index is 12.6. The Hall–Kier alpha value is -2.13. The Morgan fingerprint density at radius 2 is 1.97 bits per heavy atom. The molecule has 1 unspecified atom stereocenters. The van der Waals surface area contributed by atoms with Gasteiger partial charge in [0, 0.05) is 38.0 Å². The summed E-state index contributed by atoms with van der Waals surface area (Å²) >= 11 is 0. The van der Waals surface area contributed by atoms with Gasteiger partial charge in [-0.3, -0.25) is 4.79 Å². The van der Waals surface area contributed by atoms with Gasteiger partial charge in [0.2, 0.25) is 0 Å². The molecule has 1 aliphatic rings. The smallest absolute Gasteiger partial charge is 0.471 e. The number of nitrogens with zero attached hydrogens (tertiary/aromatic N) is 1. The number of halogens is 3. The van der Waals surface area contributed by atoms with Crippen LogP contribution < -0.4 is 14.7 Å². The minimum atomic E-state index is -4.82. The highest BCUT2D eigenvalue weighted by atomic mass is 31.2. The van der Waals surface area contributed by atoms with E-state index >= 15 is 0 Å². The Balaban J connectivity index is 1.93. The van der Waals surface area contributed by atoms with Crippen molar-refractivity contribution < 1.29 is 36.8 Å².